The van der Waals surface area contributed by atoms with Crippen LogP contribution < -0.4 is 0 Å². The number of esters is 2. The molecule has 0 unspecified atom stereocenters. The van der Waals surface area contributed by atoms with Crippen molar-refractivity contribution in [2.45, 2.75) is 102 Å². The standard InChI is InChI=1S/C22H36O5/c1-2-3-4-5-6-7-8-9-10-11-12-13-18-26-20(24)14-16-22(19-23)17-15-21(25)27-22/h14,16,19H,2-13,15,17-18H2,1H3/b16-14+/t22-/m0/s1. The van der Waals surface area contributed by atoms with E-state index in [4.69, 9.17) is 9.47 Å². The summed E-state index contributed by atoms with van der Waals surface area (Å²) in [6, 6.07) is 0. The molecule has 5 heteroatoms. The topological polar surface area (TPSA) is 69.7 Å². The molecule has 1 aliphatic heterocycles. The number of carbonyl (C=O) groups is 3. The molecular formula is C22H36O5. The van der Waals surface area contributed by atoms with Crippen LogP contribution in [0.15, 0.2) is 12.2 Å². The third-order valence-electron chi connectivity index (χ3n) is 4.97. The molecule has 0 radical (unpaired) electrons. The summed E-state index contributed by atoms with van der Waals surface area (Å²) in [5, 5.41) is 0. The lowest BCUT2D eigenvalue weighted by atomic mass is 10.0. The van der Waals surface area contributed by atoms with Gasteiger partial charge >= 0.3 is 11.9 Å². The Kier molecular flexibility index (Phi) is 12.5. The van der Waals surface area contributed by atoms with Crippen molar-refractivity contribution in [3.05, 3.63) is 12.2 Å². The summed E-state index contributed by atoms with van der Waals surface area (Å²) in [5.74, 6) is -0.918. The normalized spacial score (nSPS) is 19.4. The summed E-state index contributed by atoms with van der Waals surface area (Å²) in [6.07, 6.45) is 18.7. The van der Waals surface area contributed by atoms with Gasteiger partial charge in [-0.05, 0) is 12.5 Å². The lowest BCUT2D eigenvalue weighted by Crippen LogP contribution is -2.27. The van der Waals surface area contributed by atoms with E-state index < -0.39 is 17.5 Å². The van der Waals surface area contributed by atoms with E-state index in [-0.39, 0.29) is 12.8 Å². The summed E-state index contributed by atoms with van der Waals surface area (Å²) in [6.45, 7) is 2.63. The predicted molar refractivity (Wildman–Crippen MR) is 105 cm³/mol. The third-order valence-corrected chi connectivity index (χ3v) is 4.97. The molecule has 0 N–H and O–H groups in total. The van der Waals surface area contributed by atoms with E-state index in [1.165, 1.54) is 76.4 Å². The Bertz CT molecular complexity index is 471. The lowest BCUT2D eigenvalue weighted by Gasteiger charge is -2.15. The van der Waals surface area contributed by atoms with Crippen LogP contribution >= 0.6 is 0 Å². The van der Waals surface area contributed by atoms with E-state index in [1.807, 2.05) is 0 Å². The van der Waals surface area contributed by atoms with E-state index in [1.54, 1.807) is 0 Å². The predicted octanol–water partition coefficient (Wildman–Crippen LogP) is 5.06. The maximum absolute atomic E-state index is 11.7. The van der Waals surface area contributed by atoms with Crippen molar-refractivity contribution >= 4 is 18.2 Å². The van der Waals surface area contributed by atoms with Crippen molar-refractivity contribution in [1.82, 2.24) is 0 Å². The monoisotopic (exact) mass is 380 g/mol. The zero-order chi connectivity index (χ0) is 19.8. The van der Waals surface area contributed by atoms with Gasteiger partial charge in [-0.3, -0.25) is 9.59 Å². The highest BCUT2D eigenvalue weighted by molar-refractivity contribution is 5.86. The molecule has 0 amide bonds. The van der Waals surface area contributed by atoms with E-state index in [9.17, 15) is 14.4 Å². The molecule has 1 fully saturated rings. The zero-order valence-corrected chi connectivity index (χ0v) is 16.9. The highest BCUT2D eigenvalue weighted by Crippen LogP contribution is 2.26. The first-order chi connectivity index (χ1) is 13.1. The zero-order valence-electron chi connectivity index (χ0n) is 16.9. The maximum Gasteiger partial charge on any atom is 0.330 e. The first-order valence-electron chi connectivity index (χ1n) is 10.7. The minimum absolute atomic E-state index is 0.191. The quantitative estimate of drug-likeness (QED) is 0.162. The van der Waals surface area contributed by atoms with Crippen LogP contribution in [0.25, 0.3) is 0 Å². The number of aldehydes is 1. The van der Waals surface area contributed by atoms with Crippen molar-refractivity contribution in [1.29, 1.82) is 0 Å². The van der Waals surface area contributed by atoms with Crippen LogP contribution in [0.2, 0.25) is 0 Å². The van der Waals surface area contributed by atoms with E-state index in [0.29, 0.717) is 12.9 Å². The number of hydrogen-bond donors (Lipinski definition) is 0. The third kappa shape index (κ3) is 10.9. The number of unbranched alkanes of at least 4 members (excludes halogenated alkanes) is 11. The Morgan fingerprint density at radius 2 is 1.56 bits per heavy atom. The van der Waals surface area contributed by atoms with Crippen LogP contribution in [0.5, 0.6) is 0 Å². The molecule has 0 aromatic rings. The molecule has 27 heavy (non-hydrogen) atoms. The van der Waals surface area contributed by atoms with Gasteiger partial charge < -0.3 is 9.47 Å². The second kappa shape index (κ2) is 14.4. The number of carbonyl (C=O) groups excluding carboxylic acids is 3. The number of cyclic esters (lactones) is 1. The van der Waals surface area contributed by atoms with Gasteiger partial charge in [0.05, 0.1) is 13.0 Å². The molecule has 1 heterocycles. The fraction of sp³-hybridized carbons (Fsp3) is 0.773. The lowest BCUT2D eigenvalue weighted by molar-refractivity contribution is -0.149. The van der Waals surface area contributed by atoms with Crippen molar-refractivity contribution in [2.75, 3.05) is 6.61 Å². The first-order valence-corrected chi connectivity index (χ1v) is 10.7. The summed E-state index contributed by atoms with van der Waals surface area (Å²) in [7, 11) is 0. The summed E-state index contributed by atoms with van der Waals surface area (Å²) >= 11 is 0. The molecule has 5 nitrogen and oxygen atoms in total. The van der Waals surface area contributed by atoms with E-state index in [2.05, 4.69) is 6.92 Å². The van der Waals surface area contributed by atoms with Crippen LogP contribution in [0, 0.1) is 0 Å². The molecule has 0 aromatic heterocycles. The number of hydrogen-bond acceptors (Lipinski definition) is 5. The van der Waals surface area contributed by atoms with Gasteiger partial charge in [0.2, 0.25) is 0 Å². The van der Waals surface area contributed by atoms with Gasteiger partial charge in [0, 0.05) is 12.5 Å². The van der Waals surface area contributed by atoms with Crippen molar-refractivity contribution in [3.8, 4) is 0 Å². The van der Waals surface area contributed by atoms with Gasteiger partial charge in [-0.2, -0.15) is 0 Å². The summed E-state index contributed by atoms with van der Waals surface area (Å²) in [5.41, 5.74) is -1.29. The molecule has 0 bridgehead atoms. The van der Waals surface area contributed by atoms with Gasteiger partial charge in [-0.1, -0.05) is 77.6 Å². The van der Waals surface area contributed by atoms with Crippen LogP contribution in [0.3, 0.4) is 0 Å². The number of ether oxygens (including phenoxy) is 2. The Hall–Kier alpha value is -1.65. The first kappa shape index (κ1) is 23.4. The molecule has 0 spiro atoms. The van der Waals surface area contributed by atoms with Crippen molar-refractivity contribution in [2.24, 2.45) is 0 Å². The molecule has 1 aliphatic rings. The number of rotatable bonds is 16. The SMILES string of the molecule is CCCCCCCCCCCCCCOC(=O)/C=C/[C@@]1(C=O)CCC(=O)O1. The maximum atomic E-state index is 11.7. The average Bonchev–Trinajstić information content (AvgIpc) is 3.05. The van der Waals surface area contributed by atoms with E-state index >= 15 is 0 Å². The molecule has 1 rings (SSSR count). The van der Waals surface area contributed by atoms with Gasteiger partial charge in [-0.15, -0.1) is 0 Å². The van der Waals surface area contributed by atoms with E-state index in [0.717, 1.165) is 12.8 Å². The second-order valence-corrected chi connectivity index (χ2v) is 7.44. The summed E-state index contributed by atoms with van der Waals surface area (Å²) in [4.78, 5) is 33.9. The van der Waals surface area contributed by atoms with Crippen LogP contribution in [-0.2, 0) is 23.9 Å². The minimum Gasteiger partial charge on any atom is -0.463 e. The van der Waals surface area contributed by atoms with Crippen LogP contribution in [0.4, 0.5) is 0 Å². The Labute approximate surface area is 163 Å². The van der Waals surface area contributed by atoms with Crippen molar-refractivity contribution < 1.29 is 23.9 Å². The smallest absolute Gasteiger partial charge is 0.330 e. The highest BCUT2D eigenvalue weighted by atomic mass is 16.6. The Morgan fingerprint density at radius 3 is 2.04 bits per heavy atom. The van der Waals surface area contributed by atoms with Crippen LogP contribution in [-0.4, -0.2) is 30.4 Å². The average molecular weight is 381 g/mol. The minimum atomic E-state index is -1.29. The molecule has 154 valence electrons. The molecule has 0 aliphatic carbocycles. The fourth-order valence-electron chi connectivity index (χ4n) is 3.22. The molecule has 1 atom stereocenters. The molecular weight excluding hydrogens is 344 g/mol. The Morgan fingerprint density at radius 1 is 1.00 bits per heavy atom. The molecule has 0 saturated carbocycles. The molecule has 1 saturated heterocycles. The van der Waals surface area contributed by atoms with Gasteiger partial charge in [0.1, 0.15) is 0 Å². The largest absolute Gasteiger partial charge is 0.463 e. The van der Waals surface area contributed by atoms with Crippen LogP contribution in [0.1, 0.15) is 96.8 Å². The fourth-order valence-corrected chi connectivity index (χ4v) is 3.22. The highest BCUT2D eigenvalue weighted by Gasteiger charge is 2.38. The molecule has 0 aromatic carbocycles. The van der Waals surface area contributed by atoms with Crippen molar-refractivity contribution in [3.63, 3.8) is 0 Å². The van der Waals surface area contributed by atoms with Gasteiger partial charge in [-0.25, -0.2) is 4.79 Å². The second-order valence-electron chi connectivity index (χ2n) is 7.44. The Balaban J connectivity index is 1.94. The summed E-state index contributed by atoms with van der Waals surface area (Å²) < 4.78 is 10.1. The van der Waals surface area contributed by atoms with Gasteiger partial charge in [0.25, 0.3) is 0 Å². The van der Waals surface area contributed by atoms with Gasteiger partial charge in [0.15, 0.2) is 11.9 Å².